The molecule has 3 aromatic heterocycles. The molecule has 0 spiro atoms. The molecule has 1 saturated carbocycles. The molecule has 0 aliphatic heterocycles. The van der Waals surface area contributed by atoms with E-state index in [-0.39, 0.29) is 5.69 Å². The first-order valence-electron chi connectivity index (χ1n) is 8.58. The zero-order valence-electron chi connectivity index (χ0n) is 13.9. The monoisotopic (exact) mass is 355 g/mol. The minimum atomic E-state index is -0.494. The van der Waals surface area contributed by atoms with E-state index in [1.165, 1.54) is 30.4 Å². The van der Waals surface area contributed by atoms with Gasteiger partial charge in [0.25, 0.3) is 0 Å². The van der Waals surface area contributed by atoms with Crippen LogP contribution in [0.1, 0.15) is 58.4 Å². The molecule has 2 aliphatic rings. The van der Waals surface area contributed by atoms with E-state index in [9.17, 15) is 4.79 Å². The molecule has 0 aromatic carbocycles. The number of nitrogens with zero attached hydrogens (tertiary/aromatic N) is 5. The fraction of sp³-hybridized carbons (Fsp3) is 0.471. The van der Waals surface area contributed by atoms with Crippen molar-refractivity contribution in [3.8, 4) is 5.82 Å². The van der Waals surface area contributed by atoms with Gasteiger partial charge in [0.15, 0.2) is 11.5 Å². The molecule has 0 amide bonds. The van der Waals surface area contributed by atoms with E-state index in [4.69, 9.17) is 14.7 Å². The Bertz CT molecular complexity index is 988. The van der Waals surface area contributed by atoms with Crippen LogP contribution in [-0.2, 0) is 17.6 Å². The Kier molecular flexibility index (Phi) is 3.34. The van der Waals surface area contributed by atoms with Gasteiger partial charge in [0, 0.05) is 10.8 Å². The Morgan fingerprint density at radius 2 is 2.12 bits per heavy atom. The first kappa shape index (κ1) is 14.9. The number of fused-ring (bicyclic) bond motifs is 3. The van der Waals surface area contributed by atoms with Gasteiger partial charge in [-0.05, 0) is 44.1 Å². The predicted octanol–water partition coefficient (Wildman–Crippen LogP) is 2.81. The molecule has 7 nitrogen and oxygen atoms in total. The van der Waals surface area contributed by atoms with Crippen molar-refractivity contribution >= 4 is 27.5 Å². The Hall–Kier alpha value is -2.35. The molecule has 2 aliphatic carbocycles. The first-order valence-corrected chi connectivity index (χ1v) is 9.39. The molecule has 8 heteroatoms. The van der Waals surface area contributed by atoms with Crippen LogP contribution in [0.25, 0.3) is 16.0 Å². The van der Waals surface area contributed by atoms with Gasteiger partial charge in [-0.3, -0.25) is 0 Å². The van der Waals surface area contributed by atoms with Crippen molar-refractivity contribution in [1.82, 2.24) is 25.0 Å². The van der Waals surface area contributed by atoms with E-state index in [2.05, 4.69) is 10.3 Å². The fourth-order valence-corrected chi connectivity index (χ4v) is 4.67. The second kappa shape index (κ2) is 5.59. The lowest BCUT2D eigenvalue weighted by molar-refractivity contribution is 0.0594. The second-order valence-electron chi connectivity index (χ2n) is 6.61. The molecule has 25 heavy (non-hydrogen) atoms. The minimum absolute atomic E-state index is 0.186. The van der Waals surface area contributed by atoms with Crippen molar-refractivity contribution in [2.45, 2.75) is 44.4 Å². The molecule has 0 saturated heterocycles. The van der Waals surface area contributed by atoms with Crippen molar-refractivity contribution < 1.29 is 9.53 Å². The van der Waals surface area contributed by atoms with E-state index in [1.54, 1.807) is 22.2 Å². The largest absolute Gasteiger partial charge is 0.464 e. The van der Waals surface area contributed by atoms with Gasteiger partial charge in [-0.1, -0.05) is 5.21 Å². The number of esters is 1. The van der Waals surface area contributed by atoms with Crippen molar-refractivity contribution in [1.29, 1.82) is 0 Å². The number of thiophene rings is 1. The summed E-state index contributed by atoms with van der Waals surface area (Å²) >= 11 is 1.78. The summed E-state index contributed by atoms with van der Waals surface area (Å²) in [7, 11) is 1.34. The third-order valence-corrected chi connectivity index (χ3v) is 6.05. The van der Waals surface area contributed by atoms with Gasteiger partial charge >= 0.3 is 5.97 Å². The Morgan fingerprint density at radius 3 is 2.92 bits per heavy atom. The SMILES string of the molecule is COC(=O)c1cn(-c2nc(C3CC3)nc3sc4c(c23)CCCC4)nn1. The highest BCUT2D eigenvalue weighted by Gasteiger charge is 2.30. The summed E-state index contributed by atoms with van der Waals surface area (Å²) in [6.45, 7) is 0. The molecule has 0 atom stereocenters. The number of aryl methyl sites for hydroxylation is 2. The predicted molar refractivity (Wildman–Crippen MR) is 92.3 cm³/mol. The van der Waals surface area contributed by atoms with Crippen LogP contribution >= 0.6 is 11.3 Å². The average Bonchev–Trinajstić information content (AvgIpc) is 3.25. The molecule has 3 aromatic rings. The van der Waals surface area contributed by atoms with Gasteiger partial charge in [-0.2, -0.15) is 0 Å². The maximum Gasteiger partial charge on any atom is 0.360 e. The standard InChI is InChI=1S/C17H17N5O2S/c1-24-17(23)11-8-22(21-20-11)15-13-10-4-2-3-5-12(10)25-16(13)19-14(18-15)9-6-7-9/h8-9H,2-7H2,1H3. The van der Waals surface area contributed by atoms with Crippen molar-refractivity contribution in [2.75, 3.05) is 7.11 Å². The highest BCUT2D eigenvalue weighted by Crippen LogP contribution is 2.42. The lowest BCUT2D eigenvalue weighted by Gasteiger charge is -2.12. The zero-order chi connectivity index (χ0) is 17.0. The van der Waals surface area contributed by atoms with Crippen LogP contribution in [-0.4, -0.2) is 38.0 Å². The van der Waals surface area contributed by atoms with E-state index < -0.39 is 5.97 Å². The topological polar surface area (TPSA) is 82.8 Å². The number of methoxy groups -OCH3 is 1. The zero-order valence-corrected chi connectivity index (χ0v) is 14.7. The summed E-state index contributed by atoms with van der Waals surface area (Å²) < 4.78 is 6.34. The number of hydrogen-bond donors (Lipinski definition) is 0. The normalized spacial score (nSPS) is 16.8. The molecular formula is C17H17N5O2S. The number of hydrogen-bond acceptors (Lipinski definition) is 7. The quantitative estimate of drug-likeness (QED) is 0.672. The maximum absolute atomic E-state index is 11.7. The van der Waals surface area contributed by atoms with Crippen LogP contribution in [0.2, 0.25) is 0 Å². The van der Waals surface area contributed by atoms with Crippen LogP contribution in [0, 0.1) is 0 Å². The Labute approximate surface area is 148 Å². The van der Waals surface area contributed by atoms with Crippen LogP contribution in [0.3, 0.4) is 0 Å². The summed E-state index contributed by atoms with van der Waals surface area (Å²) in [5.74, 6) is 1.59. The van der Waals surface area contributed by atoms with Crippen LogP contribution in [0.4, 0.5) is 0 Å². The van der Waals surface area contributed by atoms with Crippen LogP contribution in [0.5, 0.6) is 0 Å². The van der Waals surface area contributed by atoms with E-state index >= 15 is 0 Å². The smallest absolute Gasteiger partial charge is 0.360 e. The van der Waals surface area contributed by atoms with Crippen molar-refractivity contribution in [3.63, 3.8) is 0 Å². The summed E-state index contributed by atoms with van der Waals surface area (Å²) in [6, 6.07) is 0. The van der Waals surface area contributed by atoms with Gasteiger partial charge < -0.3 is 4.74 Å². The molecule has 0 bridgehead atoms. The van der Waals surface area contributed by atoms with Gasteiger partial charge in [0.2, 0.25) is 0 Å². The first-order chi connectivity index (χ1) is 12.2. The number of aromatic nitrogens is 5. The molecule has 5 rings (SSSR count). The number of carbonyl (C=O) groups is 1. The summed E-state index contributed by atoms with van der Waals surface area (Å²) in [5.41, 5.74) is 1.53. The highest BCUT2D eigenvalue weighted by atomic mass is 32.1. The average molecular weight is 355 g/mol. The molecule has 0 radical (unpaired) electrons. The number of ether oxygens (including phenoxy) is 1. The third kappa shape index (κ3) is 2.43. The highest BCUT2D eigenvalue weighted by molar-refractivity contribution is 7.18. The Balaban J connectivity index is 1.73. The van der Waals surface area contributed by atoms with Gasteiger partial charge in [0.1, 0.15) is 10.7 Å². The minimum Gasteiger partial charge on any atom is -0.464 e. The number of carbonyl (C=O) groups excluding carboxylic acids is 1. The molecule has 0 N–H and O–H groups in total. The number of rotatable bonds is 3. The fourth-order valence-electron chi connectivity index (χ4n) is 3.41. The van der Waals surface area contributed by atoms with Gasteiger partial charge in [-0.25, -0.2) is 19.4 Å². The van der Waals surface area contributed by atoms with E-state index in [1.807, 2.05) is 0 Å². The van der Waals surface area contributed by atoms with Crippen molar-refractivity contribution in [3.05, 3.63) is 28.2 Å². The Morgan fingerprint density at radius 1 is 1.28 bits per heavy atom. The van der Waals surface area contributed by atoms with E-state index in [0.717, 1.165) is 47.5 Å². The molecule has 3 heterocycles. The summed E-state index contributed by atoms with van der Waals surface area (Å²) in [6.07, 6.45) is 8.45. The lowest BCUT2D eigenvalue weighted by Crippen LogP contribution is -2.06. The van der Waals surface area contributed by atoms with E-state index in [0.29, 0.717) is 5.92 Å². The van der Waals surface area contributed by atoms with Gasteiger partial charge in [-0.15, -0.1) is 16.4 Å². The third-order valence-electron chi connectivity index (χ3n) is 4.86. The van der Waals surface area contributed by atoms with Gasteiger partial charge in [0.05, 0.1) is 18.7 Å². The van der Waals surface area contributed by atoms with Crippen molar-refractivity contribution in [2.24, 2.45) is 0 Å². The summed E-state index contributed by atoms with van der Waals surface area (Å²) in [4.78, 5) is 23.8. The second-order valence-corrected chi connectivity index (χ2v) is 7.69. The lowest BCUT2D eigenvalue weighted by atomic mass is 9.97. The summed E-state index contributed by atoms with van der Waals surface area (Å²) in [5, 5.41) is 9.15. The maximum atomic E-state index is 11.7. The molecule has 0 unspecified atom stereocenters. The molecule has 1 fully saturated rings. The molecular weight excluding hydrogens is 338 g/mol. The van der Waals surface area contributed by atoms with Crippen LogP contribution in [0.15, 0.2) is 6.20 Å². The molecule has 128 valence electrons. The van der Waals surface area contributed by atoms with Crippen LogP contribution < -0.4 is 0 Å².